The van der Waals surface area contributed by atoms with E-state index in [0.717, 1.165) is 10.6 Å². The summed E-state index contributed by atoms with van der Waals surface area (Å²) < 4.78 is 44.4. The van der Waals surface area contributed by atoms with Gasteiger partial charge in [-0.15, -0.1) is 18.3 Å². The van der Waals surface area contributed by atoms with E-state index >= 15 is 0 Å². The largest absolute Gasteiger partial charge is 0.573 e. The molecule has 4 rings (SSSR count). The van der Waals surface area contributed by atoms with E-state index in [1.165, 1.54) is 47.6 Å². The minimum atomic E-state index is -4.71. The molecule has 0 radical (unpaired) electrons. The van der Waals surface area contributed by atoms with Gasteiger partial charge in [0.25, 0.3) is 0 Å². The molecule has 3 heterocycles. The van der Waals surface area contributed by atoms with E-state index in [2.05, 4.69) is 30.0 Å². The first-order chi connectivity index (χ1) is 11.9. The summed E-state index contributed by atoms with van der Waals surface area (Å²) in [4.78, 5) is 0.814. The number of alkyl halides is 3. The fourth-order valence-corrected chi connectivity index (χ4v) is 3.86. The van der Waals surface area contributed by atoms with Crippen LogP contribution in [-0.2, 0) is 0 Å². The number of halogens is 3. The van der Waals surface area contributed by atoms with Gasteiger partial charge in [0.15, 0.2) is 11.3 Å². The Balaban J connectivity index is 1.55. The lowest BCUT2D eigenvalue weighted by Crippen LogP contribution is -2.30. The van der Waals surface area contributed by atoms with Crippen molar-refractivity contribution in [2.24, 2.45) is 10.2 Å². The topological polar surface area (TPSA) is 75.0 Å². The maximum atomic E-state index is 12.2. The van der Waals surface area contributed by atoms with Crippen LogP contribution >= 0.6 is 23.3 Å². The molecule has 0 saturated carbocycles. The Labute approximate surface area is 147 Å². The number of rotatable bonds is 3. The number of aromatic nitrogens is 2. The molecule has 0 bridgehead atoms. The van der Waals surface area contributed by atoms with E-state index in [1.54, 1.807) is 5.01 Å². The highest BCUT2D eigenvalue weighted by molar-refractivity contribution is 8.15. The Hall–Kier alpha value is -2.34. The molecular formula is C13H9F3N6OS2. The highest BCUT2D eigenvalue weighted by Crippen LogP contribution is 2.34. The van der Waals surface area contributed by atoms with Gasteiger partial charge in [-0.05, 0) is 42.7 Å². The second kappa shape index (κ2) is 5.88. The molecule has 25 heavy (non-hydrogen) atoms. The predicted molar refractivity (Wildman–Crippen MR) is 87.2 cm³/mol. The summed E-state index contributed by atoms with van der Waals surface area (Å²) in [5.41, 5.74) is 4.20. The van der Waals surface area contributed by atoms with Crippen molar-refractivity contribution in [1.29, 1.82) is 0 Å². The van der Waals surface area contributed by atoms with Gasteiger partial charge in [0.05, 0.1) is 5.69 Å². The Morgan fingerprint density at radius 1 is 1.24 bits per heavy atom. The van der Waals surface area contributed by atoms with Crippen LogP contribution in [0.3, 0.4) is 0 Å². The minimum Gasteiger partial charge on any atom is -0.406 e. The van der Waals surface area contributed by atoms with Gasteiger partial charge in [0.2, 0.25) is 0 Å². The average Bonchev–Trinajstić information content (AvgIpc) is 3.22. The van der Waals surface area contributed by atoms with Crippen molar-refractivity contribution < 1.29 is 17.9 Å². The summed E-state index contributed by atoms with van der Waals surface area (Å²) in [5, 5.41) is 15.1. The van der Waals surface area contributed by atoms with Gasteiger partial charge in [-0.25, -0.2) is 5.01 Å². The van der Waals surface area contributed by atoms with E-state index < -0.39 is 6.36 Å². The molecule has 130 valence electrons. The second-order valence-corrected chi connectivity index (χ2v) is 6.87. The van der Waals surface area contributed by atoms with Crippen LogP contribution in [0.1, 0.15) is 16.1 Å². The Kier molecular flexibility index (Phi) is 3.80. The fourth-order valence-electron chi connectivity index (χ4n) is 2.25. The third-order valence-electron chi connectivity index (χ3n) is 3.33. The van der Waals surface area contributed by atoms with Crippen LogP contribution in [0.25, 0.3) is 0 Å². The second-order valence-electron chi connectivity index (χ2n) is 5.04. The summed E-state index contributed by atoms with van der Waals surface area (Å²) in [5.74, 6) is 0.351. The quantitative estimate of drug-likeness (QED) is 0.874. The molecule has 0 saturated heterocycles. The van der Waals surface area contributed by atoms with Crippen molar-refractivity contribution in [3.8, 4) is 5.75 Å². The third kappa shape index (κ3) is 3.14. The van der Waals surface area contributed by atoms with Crippen LogP contribution in [0.2, 0.25) is 0 Å². The van der Waals surface area contributed by atoms with E-state index in [-0.39, 0.29) is 11.2 Å². The van der Waals surface area contributed by atoms with Crippen LogP contribution in [0.4, 0.5) is 13.2 Å². The van der Waals surface area contributed by atoms with Gasteiger partial charge in [-0.3, -0.25) is 5.43 Å². The van der Waals surface area contributed by atoms with E-state index in [4.69, 9.17) is 0 Å². The van der Waals surface area contributed by atoms with E-state index in [0.29, 0.717) is 16.4 Å². The molecular weight excluding hydrogens is 377 g/mol. The first-order valence-electron chi connectivity index (χ1n) is 6.94. The molecule has 2 aliphatic heterocycles. The number of ether oxygens (including phenoxy) is 1. The molecule has 1 aromatic carbocycles. The van der Waals surface area contributed by atoms with Crippen LogP contribution in [0.15, 0.2) is 34.5 Å². The highest BCUT2D eigenvalue weighted by atomic mass is 32.2. The van der Waals surface area contributed by atoms with Crippen molar-refractivity contribution in [1.82, 2.24) is 20.0 Å². The standard InChI is InChI=1S/C13H9F3N6OS2/c1-6-9(25-21-17-6)10-18-19-12-22(10)20-11(24-12)7-2-4-8(5-3-7)23-13(14,15)16/h2-5,12,19H,1H3. The van der Waals surface area contributed by atoms with Gasteiger partial charge in [-0.2, -0.15) is 10.2 Å². The molecule has 12 heteroatoms. The third-order valence-corrected chi connectivity index (χ3v) is 5.22. The van der Waals surface area contributed by atoms with E-state index in [9.17, 15) is 13.2 Å². The van der Waals surface area contributed by atoms with Crippen molar-refractivity contribution in [2.45, 2.75) is 18.8 Å². The van der Waals surface area contributed by atoms with E-state index in [1.807, 2.05) is 6.92 Å². The first kappa shape index (κ1) is 16.1. The maximum absolute atomic E-state index is 12.2. The van der Waals surface area contributed by atoms with Gasteiger partial charge in [0, 0.05) is 5.56 Å². The van der Waals surface area contributed by atoms with Crippen LogP contribution < -0.4 is 10.2 Å². The van der Waals surface area contributed by atoms with Crippen molar-refractivity contribution in [3.05, 3.63) is 40.4 Å². The number of hydrazone groups is 2. The molecule has 2 aliphatic rings. The molecule has 0 fully saturated rings. The number of fused-ring (bicyclic) bond motifs is 1. The maximum Gasteiger partial charge on any atom is 0.573 e. The number of amidine groups is 1. The lowest BCUT2D eigenvalue weighted by atomic mass is 10.2. The molecule has 0 amide bonds. The molecule has 1 aromatic heterocycles. The number of nitrogens with zero attached hydrogens (tertiary/aromatic N) is 5. The summed E-state index contributed by atoms with van der Waals surface area (Å²) in [6.45, 7) is 1.84. The number of aryl methyl sites for hydroxylation is 1. The van der Waals surface area contributed by atoms with Crippen molar-refractivity contribution in [3.63, 3.8) is 0 Å². The molecule has 0 aliphatic carbocycles. The van der Waals surface area contributed by atoms with Gasteiger partial charge < -0.3 is 4.74 Å². The minimum absolute atomic E-state index is 0.211. The zero-order valence-electron chi connectivity index (χ0n) is 12.5. The lowest BCUT2D eigenvalue weighted by molar-refractivity contribution is -0.274. The number of hydrogen-bond acceptors (Lipinski definition) is 9. The molecule has 1 atom stereocenters. The molecule has 2 aromatic rings. The highest BCUT2D eigenvalue weighted by Gasteiger charge is 2.38. The number of benzene rings is 1. The van der Waals surface area contributed by atoms with Gasteiger partial charge >= 0.3 is 6.36 Å². The average molecular weight is 386 g/mol. The number of thioether (sulfide) groups is 1. The van der Waals surface area contributed by atoms with Gasteiger partial charge in [-0.1, -0.05) is 16.3 Å². The summed E-state index contributed by atoms with van der Waals surface area (Å²) in [7, 11) is 0. The Morgan fingerprint density at radius 2 is 2.00 bits per heavy atom. The predicted octanol–water partition coefficient (Wildman–Crippen LogP) is 2.70. The Bertz CT molecular complexity index is 863. The first-order valence-corrected chi connectivity index (χ1v) is 8.59. The summed E-state index contributed by atoms with van der Waals surface area (Å²) in [6.07, 6.45) is -4.71. The summed E-state index contributed by atoms with van der Waals surface area (Å²) >= 11 is 2.64. The van der Waals surface area contributed by atoms with Crippen LogP contribution in [0.5, 0.6) is 5.75 Å². The Morgan fingerprint density at radius 3 is 2.64 bits per heavy atom. The van der Waals surface area contributed by atoms with Crippen molar-refractivity contribution in [2.75, 3.05) is 0 Å². The SMILES string of the molecule is Cc1nnsc1C1=NNC2SC(c3ccc(OC(F)(F)F)cc3)=NN12. The molecule has 7 nitrogen and oxygen atoms in total. The normalized spacial score (nSPS) is 19.4. The van der Waals surface area contributed by atoms with Gasteiger partial charge in [0.1, 0.15) is 15.7 Å². The fraction of sp³-hybridized carbons (Fsp3) is 0.231. The van der Waals surface area contributed by atoms with Crippen LogP contribution in [-0.4, -0.2) is 37.3 Å². The number of hydrogen-bond donors (Lipinski definition) is 1. The molecule has 1 unspecified atom stereocenters. The summed E-state index contributed by atoms with van der Waals surface area (Å²) in [6, 6.07) is 5.58. The molecule has 1 N–H and O–H groups in total. The number of nitrogens with one attached hydrogen (secondary N) is 1. The smallest absolute Gasteiger partial charge is 0.406 e. The lowest BCUT2D eigenvalue weighted by Gasteiger charge is -2.12. The zero-order chi connectivity index (χ0) is 17.6. The van der Waals surface area contributed by atoms with Crippen LogP contribution in [0, 0.1) is 6.92 Å². The monoisotopic (exact) mass is 386 g/mol. The molecule has 0 spiro atoms. The van der Waals surface area contributed by atoms with Crippen molar-refractivity contribution >= 4 is 34.2 Å². The zero-order valence-corrected chi connectivity index (χ0v) is 14.1.